The second kappa shape index (κ2) is 10.7. The third-order valence-corrected chi connectivity index (χ3v) is 10.6. The molecule has 5 atom stereocenters. The van der Waals surface area contributed by atoms with E-state index < -0.39 is 29.4 Å². The number of aliphatic hydroxyl groups is 1. The molecule has 4 fully saturated rings. The molecule has 0 spiro atoms. The van der Waals surface area contributed by atoms with Crippen LogP contribution in [0.15, 0.2) is 30.5 Å². The van der Waals surface area contributed by atoms with Crippen molar-refractivity contribution >= 4 is 27.5 Å². The monoisotopic (exact) mass is 619 g/mol. The predicted octanol–water partition coefficient (Wildman–Crippen LogP) is 5.84. The van der Waals surface area contributed by atoms with Gasteiger partial charge in [-0.25, -0.2) is 13.2 Å². The number of alkyl halides is 1. The summed E-state index contributed by atoms with van der Waals surface area (Å²) < 4.78 is 52.5. The molecule has 0 aliphatic carbocycles. The van der Waals surface area contributed by atoms with E-state index in [0.29, 0.717) is 59.8 Å². The molecule has 0 amide bonds. The molecule has 2 aromatic carbocycles. The van der Waals surface area contributed by atoms with E-state index in [-0.39, 0.29) is 47.2 Å². The Morgan fingerprint density at radius 3 is 2.69 bits per heavy atom. The molecule has 4 aromatic rings. The summed E-state index contributed by atoms with van der Waals surface area (Å²) in [4.78, 5) is 18.3. The number of hydrogen-bond donors (Lipinski definition) is 2. The van der Waals surface area contributed by atoms with Crippen LogP contribution in [0, 0.1) is 11.6 Å². The Morgan fingerprint density at radius 2 is 1.91 bits per heavy atom. The number of phenolic OH excluding ortho intramolecular Hbond substituents is 1. The number of aliphatic hydroxyl groups excluding tert-OH is 1. The van der Waals surface area contributed by atoms with Gasteiger partial charge in [0, 0.05) is 36.8 Å². The fourth-order valence-corrected chi connectivity index (χ4v) is 8.64. The van der Waals surface area contributed by atoms with Crippen molar-refractivity contribution in [3.05, 3.63) is 47.7 Å². The lowest BCUT2D eigenvalue weighted by Crippen LogP contribution is -2.45. The number of fused-ring (bicyclic) bond motifs is 5. The van der Waals surface area contributed by atoms with Crippen molar-refractivity contribution in [2.24, 2.45) is 0 Å². The molecule has 6 heterocycles. The van der Waals surface area contributed by atoms with Crippen LogP contribution in [0.2, 0.25) is 0 Å². The van der Waals surface area contributed by atoms with Crippen LogP contribution in [-0.2, 0) is 6.42 Å². The van der Waals surface area contributed by atoms with Gasteiger partial charge in [-0.3, -0.25) is 9.88 Å². The zero-order chi connectivity index (χ0) is 31.0. The first-order chi connectivity index (χ1) is 21.7. The lowest BCUT2D eigenvalue weighted by molar-refractivity contribution is 0.107. The number of halogens is 3. The van der Waals surface area contributed by atoms with Crippen molar-refractivity contribution in [1.82, 2.24) is 19.9 Å². The third kappa shape index (κ3) is 4.61. The number of pyridine rings is 1. The summed E-state index contributed by atoms with van der Waals surface area (Å²) in [6.45, 7) is 3.22. The Morgan fingerprint density at radius 1 is 1.11 bits per heavy atom. The second-order valence-electron chi connectivity index (χ2n) is 13.3. The lowest BCUT2D eigenvalue weighted by atomic mass is 9.94. The Bertz CT molecular complexity index is 1810. The van der Waals surface area contributed by atoms with Gasteiger partial charge in [-0.1, -0.05) is 13.0 Å². The van der Waals surface area contributed by atoms with Crippen LogP contribution in [-0.4, -0.2) is 79.7 Å². The van der Waals surface area contributed by atoms with Crippen LogP contribution in [0.1, 0.15) is 57.4 Å². The topological polar surface area (TPSA) is 94.8 Å². The molecule has 2 N–H and O–H groups in total. The van der Waals surface area contributed by atoms with Gasteiger partial charge in [-0.15, -0.1) is 0 Å². The second-order valence-corrected chi connectivity index (χ2v) is 13.3. The number of aromatic nitrogens is 3. The van der Waals surface area contributed by atoms with Gasteiger partial charge in [-0.2, -0.15) is 9.97 Å². The van der Waals surface area contributed by atoms with Gasteiger partial charge in [0.2, 0.25) is 0 Å². The fraction of sp³-hybridized carbons (Fsp3) is 0.500. The van der Waals surface area contributed by atoms with Crippen molar-refractivity contribution in [2.75, 3.05) is 24.6 Å². The Labute approximate surface area is 258 Å². The van der Waals surface area contributed by atoms with E-state index in [1.165, 1.54) is 18.2 Å². The third-order valence-electron chi connectivity index (χ3n) is 10.6. The average Bonchev–Trinajstić information content (AvgIpc) is 3.63. The predicted molar refractivity (Wildman–Crippen MR) is 164 cm³/mol. The van der Waals surface area contributed by atoms with Gasteiger partial charge >= 0.3 is 6.01 Å². The molecule has 2 aromatic heterocycles. The number of hydrogen-bond acceptors (Lipinski definition) is 8. The van der Waals surface area contributed by atoms with E-state index >= 15 is 4.39 Å². The maximum atomic E-state index is 16.9. The molecule has 8 nitrogen and oxygen atoms in total. The van der Waals surface area contributed by atoms with Crippen LogP contribution in [0.25, 0.3) is 32.9 Å². The normalized spacial score (nSPS) is 28.0. The Kier molecular flexibility index (Phi) is 6.83. The minimum atomic E-state index is -0.918. The number of anilines is 1. The van der Waals surface area contributed by atoms with Crippen LogP contribution < -0.4 is 9.64 Å². The van der Waals surface area contributed by atoms with Crippen molar-refractivity contribution in [2.45, 2.75) is 88.2 Å². The fourth-order valence-electron chi connectivity index (χ4n) is 8.64. The van der Waals surface area contributed by atoms with Crippen molar-refractivity contribution in [3.63, 3.8) is 0 Å². The molecule has 2 bridgehead atoms. The van der Waals surface area contributed by atoms with E-state index in [4.69, 9.17) is 9.72 Å². The molecule has 236 valence electrons. The standard InChI is InChI=1S/C34H36F3N5O3/c1-2-24-27(36)7-4-18-10-22(43)13-25(28(18)24)30-29(37)31-26(15-38-30)32(42-20-5-6-21(42)12-23(44)11-20)40-33(39-31)45-17-34-8-3-9-41(34)16-19(35)14-34/h4,7,10,13,15,19-21,23,43-44H,2-3,5-6,8-9,11-12,14,16-17H2,1H3/t19-,20-,21+,23?,34+/m1/s1. The Hall–Kier alpha value is -3.70. The van der Waals surface area contributed by atoms with Gasteiger partial charge in [-0.05, 0) is 86.0 Å². The molecule has 11 heteroatoms. The van der Waals surface area contributed by atoms with Crippen molar-refractivity contribution < 1.29 is 28.1 Å². The van der Waals surface area contributed by atoms with Crippen LogP contribution in [0.3, 0.4) is 0 Å². The number of ether oxygens (including phenoxy) is 1. The highest BCUT2D eigenvalue weighted by atomic mass is 19.1. The first-order valence-electron chi connectivity index (χ1n) is 16.0. The SMILES string of the molecule is CCc1c(F)ccc2cc(O)cc(-c3ncc4c(N5[C@@H]6CC[C@H]5CC(O)C6)nc(OC[C@@]56CCCN5C[C@H](F)C6)nc4c3F)c12. The van der Waals surface area contributed by atoms with Gasteiger partial charge in [0.15, 0.2) is 5.82 Å². The molecule has 0 radical (unpaired) electrons. The van der Waals surface area contributed by atoms with Gasteiger partial charge in [0.25, 0.3) is 0 Å². The molecular weight excluding hydrogens is 583 g/mol. The number of nitrogens with zero attached hydrogens (tertiary/aromatic N) is 5. The number of benzene rings is 2. The van der Waals surface area contributed by atoms with Crippen molar-refractivity contribution in [3.8, 4) is 23.0 Å². The zero-order valence-corrected chi connectivity index (χ0v) is 25.1. The number of piperidine rings is 1. The maximum Gasteiger partial charge on any atom is 0.319 e. The minimum Gasteiger partial charge on any atom is -0.508 e. The van der Waals surface area contributed by atoms with Crippen LogP contribution in [0.5, 0.6) is 11.8 Å². The zero-order valence-electron chi connectivity index (χ0n) is 25.1. The summed E-state index contributed by atoms with van der Waals surface area (Å²) in [6, 6.07) is 5.92. The number of aryl methyl sites for hydroxylation is 1. The summed E-state index contributed by atoms with van der Waals surface area (Å²) in [5, 5.41) is 22.5. The van der Waals surface area contributed by atoms with E-state index in [1.807, 2.05) is 6.92 Å². The van der Waals surface area contributed by atoms with Gasteiger partial charge < -0.3 is 19.8 Å². The van der Waals surface area contributed by atoms with Crippen molar-refractivity contribution in [1.29, 1.82) is 0 Å². The summed E-state index contributed by atoms with van der Waals surface area (Å²) in [6.07, 6.45) is 5.67. The molecule has 0 saturated carbocycles. The first kappa shape index (κ1) is 28.8. The quantitative estimate of drug-likeness (QED) is 0.278. The molecule has 8 rings (SSSR count). The number of phenols is 1. The average molecular weight is 620 g/mol. The highest BCUT2D eigenvalue weighted by molar-refractivity contribution is 6.01. The van der Waals surface area contributed by atoms with E-state index in [0.717, 1.165) is 32.2 Å². The highest BCUT2D eigenvalue weighted by Crippen LogP contribution is 2.44. The van der Waals surface area contributed by atoms with Gasteiger partial charge in [0.1, 0.15) is 41.4 Å². The summed E-state index contributed by atoms with van der Waals surface area (Å²) >= 11 is 0. The molecular formula is C34H36F3N5O3. The van der Waals surface area contributed by atoms with E-state index in [1.54, 1.807) is 12.3 Å². The van der Waals surface area contributed by atoms with Crippen LogP contribution >= 0.6 is 0 Å². The molecule has 4 aliphatic heterocycles. The van der Waals surface area contributed by atoms with E-state index in [2.05, 4.69) is 19.8 Å². The highest BCUT2D eigenvalue weighted by Gasteiger charge is 2.49. The lowest BCUT2D eigenvalue weighted by Gasteiger charge is -2.38. The number of aromatic hydroxyl groups is 1. The largest absolute Gasteiger partial charge is 0.508 e. The summed E-state index contributed by atoms with van der Waals surface area (Å²) in [7, 11) is 0. The molecule has 4 aliphatic rings. The molecule has 4 saturated heterocycles. The minimum absolute atomic E-state index is 0.00339. The molecule has 45 heavy (non-hydrogen) atoms. The first-order valence-corrected chi connectivity index (χ1v) is 16.0. The summed E-state index contributed by atoms with van der Waals surface area (Å²) in [5.41, 5.74) is 0.183. The molecule has 1 unspecified atom stereocenters. The maximum absolute atomic E-state index is 16.9. The number of rotatable bonds is 6. The van der Waals surface area contributed by atoms with E-state index in [9.17, 15) is 19.0 Å². The van der Waals surface area contributed by atoms with Gasteiger partial charge in [0.05, 0.1) is 17.0 Å². The summed E-state index contributed by atoms with van der Waals surface area (Å²) in [5.74, 6) is -0.728. The Balaban J connectivity index is 1.29. The van der Waals surface area contributed by atoms with Crippen LogP contribution in [0.4, 0.5) is 19.0 Å². The smallest absolute Gasteiger partial charge is 0.319 e.